The number of anilines is 2. The predicted octanol–water partition coefficient (Wildman–Crippen LogP) is 5.29. The summed E-state index contributed by atoms with van der Waals surface area (Å²) in [5.41, 5.74) is -1.04. The largest absolute Gasteiger partial charge is 0.484 e. The first-order valence-corrected chi connectivity index (χ1v) is 11.3. The SMILES string of the molecule is O=C(COc1ccc(Br)cc1)Nc1cccc(S(=O)(=O)Nc2cccc(C(F)(F)F)c2)c1. The van der Waals surface area contributed by atoms with Crippen LogP contribution in [0.15, 0.2) is 82.2 Å². The topological polar surface area (TPSA) is 84.5 Å². The number of hydrogen-bond acceptors (Lipinski definition) is 4. The summed E-state index contributed by atoms with van der Waals surface area (Å²) in [6.45, 7) is -0.304. The maximum atomic E-state index is 12.9. The summed E-state index contributed by atoms with van der Waals surface area (Å²) in [6, 6.07) is 16.0. The van der Waals surface area contributed by atoms with Crippen LogP contribution in [0.3, 0.4) is 0 Å². The first-order valence-electron chi connectivity index (χ1n) is 9.01. The van der Waals surface area contributed by atoms with Crippen LogP contribution < -0.4 is 14.8 Å². The van der Waals surface area contributed by atoms with E-state index in [1.165, 1.54) is 30.3 Å². The Labute approximate surface area is 190 Å². The quantitative estimate of drug-likeness (QED) is 0.436. The number of carbonyl (C=O) groups is 1. The molecule has 3 aromatic rings. The number of halogens is 4. The first-order chi connectivity index (χ1) is 15.0. The Kier molecular flexibility index (Phi) is 7.09. The van der Waals surface area contributed by atoms with Crippen LogP contribution in [-0.2, 0) is 21.0 Å². The van der Waals surface area contributed by atoms with Crippen molar-refractivity contribution in [2.75, 3.05) is 16.6 Å². The molecule has 32 heavy (non-hydrogen) atoms. The zero-order valence-electron chi connectivity index (χ0n) is 16.2. The van der Waals surface area contributed by atoms with Gasteiger partial charge in [-0.2, -0.15) is 13.2 Å². The molecule has 2 N–H and O–H groups in total. The van der Waals surface area contributed by atoms with Crippen molar-refractivity contribution in [3.05, 3.63) is 82.8 Å². The van der Waals surface area contributed by atoms with Crippen molar-refractivity contribution in [3.8, 4) is 5.75 Å². The Bertz CT molecular complexity index is 1220. The number of nitrogens with one attached hydrogen (secondary N) is 2. The minimum absolute atomic E-state index is 0.182. The lowest BCUT2D eigenvalue weighted by Gasteiger charge is -2.12. The maximum absolute atomic E-state index is 12.9. The molecule has 0 aliphatic heterocycles. The Hall–Kier alpha value is -3.05. The molecule has 0 fully saturated rings. The predicted molar refractivity (Wildman–Crippen MR) is 117 cm³/mol. The number of alkyl halides is 3. The summed E-state index contributed by atoms with van der Waals surface area (Å²) in [5.74, 6) is -0.0433. The van der Waals surface area contributed by atoms with Crippen LogP contribution in [0.1, 0.15) is 5.56 Å². The van der Waals surface area contributed by atoms with Gasteiger partial charge in [0.1, 0.15) is 5.75 Å². The van der Waals surface area contributed by atoms with E-state index in [0.717, 1.165) is 16.6 Å². The molecule has 0 saturated heterocycles. The highest BCUT2D eigenvalue weighted by Crippen LogP contribution is 2.31. The van der Waals surface area contributed by atoms with Crippen molar-refractivity contribution in [2.45, 2.75) is 11.1 Å². The van der Waals surface area contributed by atoms with E-state index in [9.17, 15) is 26.4 Å². The zero-order valence-corrected chi connectivity index (χ0v) is 18.6. The molecule has 3 aromatic carbocycles. The molecule has 0 spiro atoms. The second-order valence-corrected chi connectivity index (χ2v) is 9.10. The number of benzene rings is 3. The number of sulfonamides is 1. The van der Waals surface area contributed by atoms with E-state index >= 15 is 0 Å². The van der Waals surface area contributed by atoms with Gasteiger partial charge in [0.25, 0.3) is 15.9 Å². The van der Waals surface area contributed by atoms with Gasteiger partial charge in [-0.25, -0.2) is 8.42 Å². The Morgan fingerprint density at radius 1 is 0.938 bits per heavy atom. The lowest BCUT2D eigenvalue weighted by Crippen LogP contribution is -2.20. The zero-order chi connectivity index (χ0) is 23.4. The van der Waals surface area contributed by atoms with Crippen LogP contribution in [0.25, 0.3) is 0 Å². The van der Waals surface area contributed by atoms with Crippen LogP contribution in [0, 0.1) is 0 Å². The van der Waals surface area contributed by atoms with Gasteiger partial charge in [-0.3, -0.25) is 9.52 Å². The average Bonchev–Trinajstić information content (AvgIpc) is 2.73. The van der Waals surface area contributed by atoms with Crippen LogP contribution in [-0.4, -0.2) is 20.9 Å². The van der Waals surface area contributed by atoms with E-state index in [2.05, 4.69) is 26.0 Å². The van der Waals surface area contributed by atoms with Crippen LogP contribution in [0.5, 0.6) is 5.75 Å². The number of amides is 1. The third-order valence-corrected chi connectivity index (χ3v) is 5.96. The summed E-state index contributed by atoms with van der Waals surface area (Å²) in [4.78, 5) is 11.9. The van der Waals surface area contributed by atoms with Gasteiger partial charge < -0.3 is 10.1 Å². The monoisotopic (exact) mass is 528 g/mol. The highest BCUT2D eigenvalue weighted by atomic mass is 79.9. The molecule has 11 heteroatoms. The van der Waals surface area contributed by atoms with Gasteiger partial charge >= 0.3 is 6.18 Å². The summed E-state index contributed by atoms with van der Waals surface area (Å²) < 4.78 is 72.1. The third-order valence-electron chi connectivity index (χ3n) is 4.05. The molecule has 6 nitrogen and oxygen atoms in total. The van der Waals surface area contributed by atoms with Gasteiger partial charge in [0, 0.05) is 15.8 Å². The van der Waals surface area contributed by atoms with Crippen molar-refractivity contribution in [1.82, 2.24) is 0 Å². The number of rotatable bonds is 7. The highest BCUT2D eigenvalue weighted by molar-refractivity contribution is 9.10. The van der Waals surface area contributed by atoms with Crippen LogP contribution in [0.4, 0.5) is 24.5 Å². The molecular weight excluding hydrogens is 513 g/mol. The van der Waals surface area contributed by atoms with E-state index in [0.29, 0.717) is 11.8 Å². The molecule has 0 atom stereocenters. The van der Waals surface area contributed by atoms with Gasteiger partial charge in [-0.1, -0.05) is 28.1 Å². The van der Waals surface area contributed by atoms with Gasteiger partial charge in [0.05, 0.1) is 10.5 Å². The molecule has 0 bridgehead atoms. The molecule has 0 aliphatic carbocycles. The Morgan fingerprint density at radius 3 is 2.28 bits per heavy atom. The van der Waals surface area contributed by atoms with Gasteiger partial charge in [0.15, 0.2) is 6.61 Å². The normalized spacial score (nSPS) is 11.6. The fourth-order valence-electron chi connectivity index (χ4n) is 2.59. The van der Waals surface area contributed by atoms with E-state index in [-0.39, 0.29) is 22.9 Å². The molecule has 168 valence electrons. The Morgan fingerprint density at radius 2 is 1.59 bits per heavy atom. The second-order valence-electron chi connectivity index (χ2n) is 6.50. The highest BCUT2D eigenvalue weighted by Gasteiger charge is 2.30. The molecule has 1 amide bonds. The van der Waals surface area contributed by atoms with Crippen molar-refractivity contribution in [2.24, 2.45) is 0 Å². The van der Waals surface area contributed by atoms with Crippen LogP contribution >= 0.6 is 15.9 Å². The fraction of sp³-hybridized carbons (Fsp3) is 0.0952. The number of carbonyl (C=O) groups excluding carboxylic acids is 1. The second kappa shape index (κ2) is 9.61. The third kappa shape index (κ3) is 6.47. The van der Waals surface area contributed by atoms with Gasteiger partial charge in [-0.15, -0.1) is 0 Å². The van der Waals surface area contributed by atoms with E-state index in [1.54, 1.807) is 24.3 Å². The summed E-state index contributed by atoms with van der Waals surface area (Å²) in [5, 5.41) is 2.51. The Balaban J connectivity index is 1.68. The summed E-state index contributed by atoms with van der Waals surface area (Å²) in [6.07, 6.45) is -4.61. The number of hydrogen-bond donors (Lipinski definition) is 2. The summed E-state index contributed by atoms with van der Waals surface area (Å²) >= 11 is 3.29. The smallest absolute Gasteiger partial charge is 0.416 e. The molecule has 0 heterocycles. The average molecular weight is 529 g/mol. The molecule has 0 aliphatic rings. The minimum Gasteiger partial charge on any atom is -0.484 e. The summed E-state index contributed by atoms with van der Waals surface area (Å²) in [7, 11) is -4.20. The lowest BCUT2D eigenvalue weighted by molar-refractivity contribution is -0.137. The molecule has 0 aromatic heterocycles. The fourth-order valence-corrected chi connectivity index (χ4v) is 3.95. The van der Waals surface area contributed by atoms with Crippen LogP contribution in [0.2, 0.25) is 0 Å². The molecule has 0 saturated carbocycles. The van der Waals surface area contributed by atoms with Crippen molar-refractivity contribution >= 4 is 43.2 Å². The van der Waals surface area contributed by atoms with Gasteiger partial charge in [0.2, 0.25) is 0 Å². The molecule has 0 radical (unpaired) electrons. The number of ether oxygens (including phenoxy) is 1. The van der Waals surface area contributed by atoms with Crippen molar-refractivity contribution in [3.63, 3.8) is 0 Å². The maximum Gasteiger partial charge on any atom is 0.416 e. The van der Waals surface area contributed by atoms with E-state index in [4.69, 9.17) is 4.74 Å². The van der Waals surface area contributed by atoms with E-state index < -0.39 is 27.7 Å². The first kappa shape index (κ1) is 23.6. The van der Waals surface area contributed by atoms with Crippen molar-refractivity contribution < 1.29 is 31.1 Å². The molecule has 3 rings (SSSR count). The molecular formula is C21H16BrF3N2O4S. The minimum atomic E-state index is -4.61. The molecule has 0 unspecified atom stereocenters. The standard InChI is InChI=1S/C21H16BrF3N2O4S/c22-15-7-9-18(10-8-15)31-13-20(28)26-16-4-2-6-19(12-16)32(29,30)27-17-5-1-3-14(11-17)21(23,24)25/h1-12,27H,13H2,(H,26,28). The van der Waals surface area contributed by atoms with Gasteiger partial charge in [-0.05, 0) is 60.7 Å². The van der Waals surface area contributed by atoms with Crippen molar-refractivity contribution in [1.29, 1.82) is 0 Å². The van der Waals surface area contributed by atoms with E-state index in [1.807, 2.05) is 0 Å². The lowest BCUT2D eigenvalue weighted by atomic mass is 10.2.